The normalized spacial score (nSPS) is 11.0. The second-order valence-corrected chi connectivity index (χ2v) is 6.74. The molecule has 146 valence electrons. The van der Waals surface area contributed by atoms with E-state index in [4.69, 9.17) is 15.5 Å². The maximum absolute atomic E-state index is 12.6. The van der Waals surface area contributed by atoms with Crippen LogP contribution in [-0.4, -0.2) is 34.5 Å². The van der Waals surface area contributed by atoms with E-state index in [0.29, 0.717) is 24.3 Å². The van der Waals surface area contributed by atoms with Gasteiger partial charge in [-0.05, 0) is 38.1 Å². The molecule has 28 heavy (non-hydrogen) atoms. The second-order valence-electron chi connectivity index (χ2n) is 6.74. The van der Waals surface area contributed by atoms with E-state index < -0.39 is 5.91 Å². The molecule has 0 radical (unpaired) electrons. The molecule has 3 N–H and O–H groups in total. The fourth-order valence-electron chi connectivity index (χ4n) is 3.16. The molecule has 1 aromatic heterocycles. The van der Waals surface area contributed by atoms with Crippen LogP contribution < -0.4 is 15.8 Å². The van der Waals surface area contributed by atoms with Crippen LogP contribution in [0, 0.1) is 0 Å². The summed E-state index contributed by atoms with van der Waals surface area (Å²) >= 11 is 0. The van der Waals surface area contributed by atoms with Gasteiger partial charge in [-0.1, -0.05) is 24.3 Å². The van der Waals surface area contributed by atoms with Gasteiger partial charge in [0.15, 0.2) is 6.61 Å². The molecule has 1 heterocycles. The minimum atomic E-state index is -0.595. The molecule has 0 aliphatic rings. The lowest BCUT2D eigenvalue weighted by molar-refractivity contribution is -0.119. The topological polar surface area (TPSA) is 99.2 Å². The lowest BCUT2D eigenvalue weighted by atomic mass is 10.2. The third-order valence-electron chi connectivity index (χ3n) is 4.32. The average Bonchev–Trinajstić information content (AvgIpc) is 3.05. The molecule has 0 saturated carbocycles. The van der Waals surface area contributed by atoms with E-state index in [1.807, 2.05) is 18.2 Å². The van der Waals surface area contributed by atoms with Gasteiger partial charge in [0.25, 0.3) is 11.8 Å². The van der Waals surface area contributed by atoms with E-state index in [1.165, 1.54) is 0 Å². The number of carbonyl (C=O) groups excluding carboxylic acids is 2. The number of imidazole rings is 1. The molecule has 2 aromatic carbocycles. The quantitative estimate of drug-likeness (QED) is 0.627. The van der Waals surface area contributed by atoms with Crippen molar-refractivity contribution in [2.45, 2.75) is 26.3 Å². The molecule has 0 unspecified atom stereocenters. The molecule has 0 spiro atoms. The molecule has 7 heteroatoms. The number of hydrogen-bond donors (Lipinski definition) is 2. The Morgan fingerprint density at radius 1 is 1.14 bits per heavy atom. The number of aromatic nitrogens is 2. The first-order chi connectivity index (χ1) is 13.5. The summed E-state index contributed by atoms with van der Waals surface area (Å²) in [6.45, 7) is 4.38. The van der Waals surface area contributed by atoms with Crippen LogP contribution in [0.3, 0.4) is 0 Å². The van der Waals surface area contributed by atoms with Gasteiger partial charge in [0.2, 0.25) is 0 Å². The van der Waals surface area contributed by atoms with Crippen molar-refractivity contribution in [2.75, 3.05) is 13.2 Å². The first-order valence-corrected chi connectivity index (χ1v) is 9.21. The van der Waals surface area contributed by atoms with Gasteiger partial charge in [-0.25, -0.2) is 4.98 Å². The average molecular weight is 380 g/mol. The predicted octanol–water partition coefficient (Wildman–Crippen LogP) is 2.45. The number of para-hydroxylation sites is 3. The molecule has 0 atom stereocenters. The van der Waals surface area contributed by atoms with Crippen LogP contribution in [0.5, 0.6) is 5.75 Å². The fourth-order valence-corrected chi connectivity index (χ4v) is 3.16. The van der Waals surface area contributed by atoms with Crippen LogP contribution in [0.25, 0.3) is 11.0 Å². The number of hydrogen-bond acceptors (Lipinski definition) is 4. The molecule has 3 rings (SSSR count). The van der Waals surface area contributed by atoms with Gasteiger partial charge in [0.1, 0.15) is 11.6 Å². The Hall–Kier alpha value is -3.35. The molecular formula is C21H24N4O3. The van der Waals surface area contributed by atoms with Gasteiger partial charge in [0, 0.05) is 19.0 Å². The lowest BCUT2D eigenvalue weighted by Crippen LogP contribution is -2.28. The fraction of sp³-hybridized carbons (Fsp3) is 0.286. The number of nitrogens with one attached hydrogen (secondary N) is 1. The first kappa shape index (κ1) is 19.4. The molecule has 7 nitrogen and oxygen atoms in total. The van der Waals surface area contributed by atoms with Crippen molar-refractivity contribution in [1.29, 1.82) is 0 Å². The number of benzene rings is 2. The van der Waals surface area contributed by atoms with E-state index in [2.05, 4.69) is 29.8 Å². The van der Waals surface area contributed by atoms with Gasteiger partial charge in [-0.15, -0.1) is 0 Å². The summed E-state index contributed by atoms with van der Waals surface area (Å²) in [6.07, 6.45) is 0.600. The van der Waals surface area contributed by atoms with E-state index in [-0.39, 0.29) is 18.6 Å². The number of carbonyl (C=O) groups is 2. The van der Waals surface area contributed by atoms with Crippen molar-refractivity contribution in [3.8, 4) is 5.75 Å². The van der Waals surface area contributed by atoms with Crippen LogP contribution in [0.2, 0.25) is 0 Å². The van der Waals surface area contributed by atoms with E-state index in [9.17, 15) is 9.59 Å². The highest BCUT2D eigenvalue weighted by molar-refractivity contribution is 5.97. The van der Waals surface area contributed by atoms with Crippen LogP contribution in [0.4, 0.5) is 0 Å². The van der Waals surface area contributed by atoms with Gasteiger partial charge < -0.3 is 20.4 Å². The van der Waals surface area contributed by atoms with Crippen molar-refractivity contribution >= 4 is 22.8 Å². The number of nitrogens with zero attached hydrogens (tertiary/aromatic N) is 2. The Labute approximate surface area is 163 Å². The van der Waals surface area contributed by atoms with Crippen LogP contribution >= 0.6 is 0 Å². The molecular weight excluding hydrogens is 356 g/mol. The number of rotatable bonds is 8. The van der Waals surface area contributed by atoms with Crippen LogP contribution in [0.1, 0.15) is 36.1 Å². The zero-order valence-electron chi connectivity index (χ0n) is 16.0. The maximum Gasteiger partial charge on any atom is 0.255 e. The van der Waals surface area contributed by atoms with Gasteiger partial charge in [0.05, 0.1) is 16.6 Å². The molecule has 0 fully saturated rings. The molecule has 0 saturated heterocycles. The van der Waals surface area contributed by atoms with Crippen molar-refractivity contribution < 1.29 is 14.3 Å². The summed E-state index contributed by atoms with van der Waals surface area (Å²) in [5, 5.41) is 2.90. The number of amides is 2. The Morgan fingerprint density at radius 3 is 2.61 bits per heavy atom. The van der Waals surface area contributed by atoms with Gasteiger partial charge in [-0.3, -0.25) is 9.59 Å². The van der Waals surface area contributed by atoms with Crippen molar-refractivity contribution in [3.63, 3.8) is 0 Å². The minimum absolute atomic E-state index is 0.265. The highest BCUT2D eigenvalue weighted by atomic mass is 16.5. The van der Waals surface area contributed by atoms with E-state index >= 15 is 0 Å². The second kappa shape index (κ2) is 8.56. The third-order valence-corrected chi connectivity index (χ3v) is 4.32. The number of ether oxygens (including phenoxy) is 1. The Morgan fingerprint density at radius 2 is 1.86 bits per heavy atom. The lowest BCUT2D eigenvalue weighted by Gasteiger charge is -2.14. The summed E-state index contributed by atoms with van der Waals surface area (Å²) in [7, 11) is 0. The monoisotopic (exact) mass is 380 g/mol. The third kappa shape index (κ3) is 4.31. The summed E-state index contributed by atoms with van der Waals surface area (Å²) in [6, 6.07) is 15.0. The first-order valence-electron chi connectivity index (χ1n) is 9.21. The number of fused-ring (bicyclic) bond motifs is 1. The van der Waals surface area contributed by atoms with E-state index in [1.54, 1.807) is 24.3 Å². The largest absolute Gasteiger partial charge is 0.483 e. The summed E-state index contributed by atoms with van der Waals surface area (Å²) in [4.78, 5) is 28.2. The summed E-state index contributed by atoms with van der Waals surface area (Å²) in [5.41, 5.74) is 7.50. The molecule has 0 aliphatic carbocycles. The van der Waals surface area contributed by atoms with Crippen LogP contribution in [0.15, 0.2) is 48.5 Å². The zero-order chi connectivity index (χ0) is 20.1. The van der Waals surface area contributed by atoms with Crippen LogP contribution in [-0.2, 0) is 11.2 Å². The predicted molar refractivity (Wildman–Crippen MR) is 107 cm³/mol. The van der Waals surface area contributed by atoms with Crippen molar-refractivity contribution in [2.24, 2.45) is 5.73 Å². The smallest absolute Gasteiger partial charge is 0.255 e. The molecule has 2 amide bonds. The Bertz CT molecular complexity index is 994. The molecule has 0 aliphatic heterocycles. The Balaban J connectivity index is 1.69. The van der Waals surface area contributed by atoms with E-state index in [0.717, 1.165) is 16.9 Å². The molecule has 0 bridgehead atoms. The SMILES string of the molecule is CC(C)n1c(CCNC(=O)c2ccccc2OCC(N)=O)nc2ccccc21. The number of primary amides is 1. The van der Waals surface area contributed by atoms with Gasteiger partial charge >= 0.3 is 0 Å². The van der Waals surface area contributed by atoms with Gasteiger partial charge in [-0.2, -0.15) is 0 Å². The maximum atomic E-state index is 12.6. The van der Waals surface area contributed by atoms with Crippen molar-refractivity contribution in [3.05, 3.63) is 59.9 Å². The highest BCUT2D eigenvalue weighted by Crippen LogP contribution is 2.21. The highest BCUT2D eigenvalue weighted by Gasteiger charge is 2.15. The van der Waals surface area contributed by atoms with Crippen molar-refractivity contribution in [1.82, 2.24) is 14.9 Å². The summed E-state index contributed by atoms with van der Waals surface area (Å²) < 4.78 is 7.51. The zero-order valence-corrected chi connectivity index (χ0v) is 16.0. The minimum Gasteiger partial charge on any atom is -0.483 e. The number of nitrogens with two attached hydrogens (primary N) is 1. The standard InChI is InChI=1S/C21H24N4O3/c1-14(2)25-17-9-5-4-8-16(17)24-20(25)11-12-23-21(27)15-7-3-6-10-18(15)28-13-19(22)26/h3-10,14H,11-13H2,1-2H3,(H2,22,26)(H,23,27). The molecule has 3 aromatic rings. The summed E-state index contributed by atoms with van der Waals surface area (Å²) in [5.74, 6) is 0.387. The Kier molecular flexibility index (Phi) is 5.93.